The third-order valence-electron chi connectivity index (χ3n) is 3.48. The van der Waals surface area contributed by atoms with Crippen LogP contribution in [0.3, 0.4) is 0 Å². The van der Waals surface area contributed by atoms with Crippen molar-refractivity contribution in [2.75, 3.05) is 0 Å². The van der Waals surface area contributed by atoms with Crippen LogP contribution in [0.25, 0.3) is 0 Å². The van der Waals surface area contributed by atoms with Crippen LogP contribution < -0.4 is 10.4 Å². The van der Waals surface area contributed by atoms with Gasteiger partial charge >= 0.3 is 0 Å². The van der Waals surface area contributed by atoms with Gasteiger partial charge in [-0.05, 0) is 30.3 Å². The lowest BCUT2D eigenvalue weighted by atomic mass is 10.3. The van der Waals surface area contributed by atoms with Gasteiger partial charge < -0.3 is 0 Å². The molecule has 0 saturated carbocycles. The average molecular weight is 287 g/mol. The summed E-state index contributed by atoms with van der Waals surface area (Å²) < 4.78 is 0. The second-order valence-electron chi connectivity index (χ2n) is 4.85. The first kappa shape index (κ1) is 14.1. The highest BCUT2D eigenvalue weighted by molar-refractivity contribution is 7.34. The molecular formula is C17H19ClSi. The third kappa shape index (κ3) is 3.17. The molecule has 98 valence electrons. The van der Waals surface area contributed by atoms with Crippen molar-refractivity contribution in [3.8, 4) is 0 Å². The first-order chi connectivity index (χ1) is 9.16. The van der Waals surface area contributed by atoms with E-state index in [1.54, 1.807) is 0 Å². The molecule has 0 amide bonds. The normalized spacial score (nSPS) is 12.5. The monoisotopic (exact) mass is 286 g/mol. The Morgan fingerprint density at radius 3 is 1.74 bits per heavy atom. The Labute approximate surface area is 121 Å². The van der Waals surface area contributed by atoms with E-state index in [0.29, 0.717) is 0 Å². The van der Waals surface area contributed by atoms with Gasteiger partial charge in [-0.1, -0.05) is 72.3 Å². The molecule has 2 heteroatoms. The summed E-state index contributed by atoms with van der Waals surface area (Å²) in [7, 11) is -2.18. The van der Waals surface area contributed by atoms with Gasteiger partial charge in [0.15, 0.2) is 0 Å². The maximum atomic E-state index is 7.16. The Morgan fingerprint density at radius 2 is 1.37 bits per heavy atom. The minimum atomic E-state index is -2.18. The quantitative estimate of drug-likeness (QED) is 0.453. The van der Waals surface area contributed by atoms with Gasteiger partial charge in [0.05, 0.1) is 0 Å². The van der Waals surface area contributed by atoms with Crippen LogP contribution >= 0.6 is 11.1 Å². The molecule has 0 saturated heterocycles. The summed E-state index contributed by atoms with van der Waals surface area (Å²) in [6.07, 6.45) is 2.16. The molecule has 2 aromatic rings. The number of rotatable bonds is 4. The van der Waals surface area contributed by atoms with Crippen LogP contribution in [0.2, 0.25) is 6.04 Å². The Balaban J connectivity index is 2.51. The van der Waals surface area contributed by atoms with Crippen molar-refractivity contribution < 1.29 is 0 Å². The Bertz CT molecular complexity index is 506. The van der Waals surface area contributed by atoms with Crippen LogP contribution in [0.1, 0.15) is 13.8 Å². The summed E-state index contributed by atoms with van der Waals surface area (Å²) in [4.78, 5) is 0. The Hall–Kier alpha value is -1.31. The van der Waals surface area contributed by atoms with Crippen molar-refractivity contribution in [1.82, 2.24) is 0 Å². The first-order valence-electron chi connectivity index (χ1n) is 6.58. The molecule has 0 atom stereocenters. The van der Waals surface area contributed by atoms with Gasteiger partial charge in [0.25, 0.3) is 0 Å². The molecule has 0 radical (unpaired) electrons. The van der Waals surface area contributed by atoms with Crippen molar-refractivity contribution in [3.05, 3.63) is 72.3 Å². The topological polar surface area (TPSA) is 0 Å². The van der Waals surface area contributed by atoms with Gasteiger partial charge in [0, 0.05) is 0 Å². The molecule has 0 N–H and O–H groups in total. The highest BCUT2D eigenvalue weighted by atomic mass is 35.6. The molecule has 0 aliphatic heterocycles. The molecule has 0 spiro atoms. The number of allylic oxidation sites excluding steroid dienone is 2. The smallest absolute Gasteiger partial charge is 0.154 e. The molecule has 0 aliphatic rings. The van der Waals surface area contributed by atoms with E-state index in [9.17, 15) is 0 Å². The average Bonchev–Trinajstić information content (AvgIpc) is 2.48. The Morgan fingerprint density at radius 1 is 0.947 bits per heavy atom. The van der Waals surface area contributed by atoms with Crippen LogP contribution in [0.5, 0.6) is 0 Å². The zero-order chi connectivity index (χ0) is 13.7. The number of hydrogen-bond donors (Lipinski definition) is 0. The van der Waals surface area contributed by atoms with Crippen LogP contribution in [-0.2, 0) is 0 Å². The van der Waals surface area contributed by atoms with Gasteiger partial charge in [-0.25, -0.2) is 0 Å². The van der Waals surface area contributed by atoms with Gasteiger partial charge in [0.2, 0.25) is 7.38 Å². The molecule has 2 aromatic carbocycles. The van der Waals surface area contributed by atoms with Crippen molar-refractivity contribution in [3.63, 3.8) is 0 Å². The van der Waals surface area contributed by atoms with E-state index in [4.69, 9.17) is 11.1 Å². The van der Waals surface area contributed by atoms with E-state index in [2.05, 4.69) is 68.5 Å². The highest BCUT2D eigenvalue weighted by Crippen LogP contribution is 2.21. The van der Waals surface area contributed by atoms with E-state index in [0.717, 1.165) is 6.04 Å². The maximum Gasteiger partial charge on any atom is 0.221 e. The fraction of sp³-hybridized carbons (Fsp3) is 0.176. The molecule has 0 aliphatic carbocycles. The van der Waals surface area contributed by atoms with E-state index in [1.807, 2.05) is 12.1 Å². The van der Waals surface area contributed by atoms with Gasteiger partial charge in [-0.2, -0.15) is 11.1 Å². The summed E-state index contributed by atoms with van der Waals surface area (Å²) in [5.41, 5.74) is 1.36. The number of hydrogen-bond acceptors (Lipinski definition) is 0. The molecule has 0 heterocycles. The molecule has 19 heavy (non-hydrogen) atoms. The van der Waals surface area contributed by atoms with Crippen molar-refractivity contribution in [2.45, 2.75) is 19.9 Å². The van der Waals surface area contributed by atoms with E-state index in [1.165, 1.54) is 15.9 Å². The lowest BCUT2D eigenvalue weighted by Gasteiger charge is -2.26. The zero-order valence-corrected chi connectivity index (χ0v) is 13.2. The van der Waals surface area contributed by atoms with Crippen molar-refractivity contribution >= 4 is 28.8 Å². The van der Waals surface area contributed by atoms with Crippen LogP contribution in [0, 0.1) is 0 Å². The van der Waals surface area contributed by atoms with Gasteiger partial charge in [-0.15, -0.1) is 0 Å². The molecule has 0 fully saturated rings. The number of benzene rings is 2. The van der Waals surface area contributed by atoms with Crippen LogP contribution in [-0.4, -0.2) is 7.38 Å². The van der Waals surface area contributed by atoms with Crippen molar-refractivity contribution in [1.29, 1.82) is 0 Å². The van der Waals surface area contributed by atoms with Crippen molar-refractivity contribution in [2.24, 2.45) is 0 Å². The second kappa shape index (κ2) is 6.22. The molecule has 0 bridgehead atoms. The summed E-state index contributed by atoms with van der Waals surface area (Å²) in [5.74, 6) is 0. The van der Waals surface area contributed by atoms with E-state index < -0.39 is 7.38 Å². The van der Waals surface area contributed by atoms with Gasteiger partial charge in [-0.3, -0.25) is 0 Å². The SMILES string of the molecule is C/C=C(/C)C[Si](Cl)(c1ccccc1)c1ccccc1. The second-order valence-corrected chi connectivity index (χ2v) is 9.89. The highest BCUT2D eigenvalue weighted by Gasteiger charge is 2.35. The van der Waals surface area contributed by atoms with E-state index in [-0.39, 0.29) is 0 Å². The number of halogens is 1. The summed E-state index contributed by atoms with van der Waals surface area (Å²) in [6.45, 7) is 4.24. The van der Waals surface area contributed by atoms with Crippen LogP contribution in [0.4, 0.5) is 0 Å². The lowest BCUT2D eigenvalue weighted by Crippen LogP contribution is -2.53. The predicted molar refractivity (Wildman–Crippen MR) is 88.0 cm³/mol. The summed E-state index contributed by atoms with van der Waals surface area (Å²) in [6, 6.07) is 22.0. The molecule has 0 aromatic heterocycles. The standard InChI is InChI=1S/C17H19ClSi/c1-3-15(2)14-19(18,16-10-6-4-7-11-16)17-12-8-5-9-13-17/h3-13H,14H2,1-2H3/b15-3-. The van der Waals surface area contributed by atoms with Gasteiger partial charge in [0.1, 0.15) is 0 Å². The minimum Gasteiger partial charge on any atom is -0.154 e. The fourth-order valence-corrected chi connectivity index (χ4v) is 6.81. The van der Waals surface area contributed by atoms with E-state index >= 15 is 0 Å². The summed E-state index contributed by atoms with van der Waals surface area (Å²) in [5, 5.41) is 2.56. The fourth-order valence-electron chi connectivity index (χ4n) is 2.26. The maximum absolute atomic E-state index is 7.16. The zero-order valence-electron chi connectivity index (χ0n) is 11.4. The Kier molecular flexibility index (Phi) is 4.62. The molecule has 0 unspecified atom stereocenters. The predicted octanol–water partition coefficient (Wildman–Crippen LogP) is 3.95. The third-order valence-corrected chi connectivity index (χ3v) is 8.73. The minimum absolute atomic E-state index is 0.957. The van der Waals surface area contributed by atoms with Crippen LogP contribution in [0.15, 0.2) is 72.3 Å². The largest absolute Gasteiger partial charge is 0.221 e. The first-order valence-corrected chi connectivity index (χ1v) is 9.80. The summed E-state index contributed by atoms with van der Waals surface area (Å²) >= 11 is 7.16. The molecule has 2 rings (SSSR count). The molecular weight excluding hydrogens is 268 g/mol. The molecule has 0 nitrogen and oxygen atoms in total. The lowest BCUT2D eigenvalue weighted by molar-refractivity contribution is 1.33.